The zero-order valence-electron chi connectivity index (χ0n) is 11.9. The number of para-hydroxylation sites is 2. The quantitative estimate of drug-likeness (QED) is 0.870. The number of anilines is 4. The number of rotatable bonds is 5. The minimum absolute atomic E-state index is 0.236. The minimum atomic E-state index is 0.236. The summed E-state index contributed by atoms with van der Waals surface area (Å²) in [7, 11) is 3.56. The smallest absolute Gasteiger partial charge is 0.223 e. The molecule has 0 saturated carbocycles. The molecule has 0 aliphatic rings. The first-order valence-electron chi connectivity index (χ1n) is 6.41. The number of ether oxygens (including phenoxy) is 1. The van der Waals surface area contributed by atoms with Crippen LogP contribution in [-0.4, -0.2) is 30.7 Å². The fourth-order valence-electron chi connectivity index (χ4n) is 1.93. The Balaban J connectivity index is 2.39. The molecule has 2 rings (SSSR count). The van der Waals surface area contributed by atoms with E-state index in [1.54, 1.807) is 7.11 Å². The van der Waals surface area contributed by atoms with Crippen LogP contribution in [0.15, 0.2) is 30.3 Å². The molecule has 2 aromatic rings. The Morgan fingerprint density at radius 2 is 2.05 bits per heavy atom. The number of hydrogen-bond acceptors (Lipinski definition) is 6. The van der Waals surface area contributed by atoms with E-state index in [0.29, 0.717) is 11.6 Å². The Bertz CT molecular complexity index is 588. The van der Waals surface area contributed by atoms with Gasteiger partial charge in [0.2, 0.25) is 5.95 Å². The van der Waals surface area contributed by atoms with Gasteiger partial charge in [-0.15, -0.1) is 0 Å². The molecule has 0 amide bonds. The molecule has 0 radical (unpaired) electrons. The van der Waals surface area contributed by atoms with E-state index < -0.39 is 0 Å². The van der Waals surface area contributed by atoms with E-state index in [1.165, 1.54) is 0 Å². The Labute approximate surface area is 118 Å². The van der Waals surface area contributed by atoms with Crippen LogP contribution in [0.25, 0.3) is 0 Å². The van der Waals surface area contributed by atoms with Crippen molar-refractivity contribution in [3.8, 4) is 5.75 Å². The van der Waals surface area contributed by atoms with Crippen molar-refractivity contribution in [1.82, 2.24) is 9.97 Å². The van der Waals surface area contributed by atoms with Crippen molar-refractivity contribution in [2.75, 3.05) is 36.7 Å². The standard InChI is InChI=1S/C14H19N5O/c1-4-16-12-9-13(18-14(15)17-12)19(2)10-7-5-6-8-11(10)20-3/h5-9H,4H2,1-3H3,(H3,15,16,17,18). The molecule has 0 saturated heterocycles. The highest BCUT2D eigenvalue weighted by atomic mass is 16.5. The van der Waals surface area contributed by atoms with Gasteiger partial charge in [0.15, 0.2) is 0 Å². The summed E-state index contributed by atoms with van der Waals surface area (Å²) in [4.78, 5) is 10.3. The molecule has 0 spiro atoms. The van der Waals surface area contributed by atoms with Crippen LogP contribution in [0.2, 0.25) is 0 Å². The van der Waals surface area contributed by atoms with E-state index in [1.807, 2.05) is 49.2 Å². The van der Waals surface area contributed by atoms with E-state index >= 15 is 0 Å². The minimum Gasteiger partial charge on any atom is -0.495 e. The average molecular weight is 273 g/mol. The van der Waals surface area contributed by atoms with E-state index in [2.05, 4.69) is 15.3 Å². The summed E-state index contributed by atoms with van der Waals surface area (Å²) in [6, 6.07) is 9.59. The van der Waals surface area contributed by atoms with Crippen molar-refractivity contribution in [2.45, 2.75) is 6.92 Å². The predicted octanol–water partition coefficient (Wildman–Crippen LogP) is 2.27. The molecule has 0 unspecified atom stereocenters. The number of aromatic nitrogens is 2. The summed E-state index contributed by atoms with van der Waals surface area (Å²) in [5.74, 6) is 2.42. The van der Waals surface area contributed by atoms with Gasteiger partial charge in [-0.1, -0.05) is 12.1 Å². The van der Waals surface area contributed by atoms with Crippen LogP contribution in [0.4, 0.5) is 23.3 Å². The number of benzene rings is 1. The van der Waals surface area contributed by atoms with E-state index in [4.69, 9.17) is 10.5 Å². The maximum absolute atomic E-state index is 5.76. The van der Waals surface area contributed by atoms with Gasteiger partial charge in [-0.3, -0.25) is 0 Å². The third kappa shape index (κ3) is 2.90. The number of hydrogen-bond donors (Lipinski definition) is 2. The number of nitrogen functional groups attached to an aromatic ring is 1. The van der Waals surface area contributed by atoms with Crippen LogP contribution in [0.1, 0.15) is 6.92 Å². The number of nitrogens with two attached hydrogens (primary N) is 1. The van der Waals surface area contributed by atoms with Crippen molar-refractivity contribution >= 4 is 23.3 Å². The fourth-order valence-corrected chi connectivity index (χ4v) is 1.93. The van der Waals surface area contributed by atoms with Crippen LogP contribution in [0.5, 0.6) is 5.75 Å². The molecule has 3 N–H and O–H groups in total. The van der Waals surface area contributed by atoms with Crippen LogP contribution in [-0.2, 0) is 0 Å². The van der Waals surface area contributed by atoms with E-state index in [0.717, 1.165) is 18.0 Å². The summed E-state index contributed by atoms with van der Waals surface area (Å²) in [5, 5.41) is 3.13. The molecule has 0 bridgehead atoms. The topological polar surface area (TPSA) is 76.3 Å². The molecule has 1 heterocycles. The van der Waals surface area contributed by atoms with Gasteiger partial charge in [0.25, 0.3) is 0 Å². The van der Waals surface area contributed by atoms with Gasteiger partial charge in [0.1, 0.15) is 17.4 Å². The summed E-state index contributed by atoms with van der Waals surface area (Å²) in [6.07, 6.45) is 0. The van der Waals surface area contributed by atoms with Crippen molar-refractivity contribution in [3.63, 3.8) is 0 Å². The van der Waals surface area contributed by atoms with Crippen LogP contribution in [0.3, 0.4) is 0 Å². The first-order valence-corrected chi connectivity index (χ1v) is 6.41. The molecule has 6 heteroatoms. The first kappa shape index (κ1) is 13.9. The summed E-state index contributed by atoms with van der Waals surface area (Å²) in [5.41, 5.74) is 6.67. The highest BCUT2D eigenvalue weighted by Crippen LogP contribution is 2.32. The van der Waals surface area contributed by atoms with Crippen LogP contribution < -0.4 is 20.7 Å². The molecular weight excluding hydrogens is 254 g/mol. The lowest BCUT2D eigenvalue weighted by Gasteiger charge is -2.21. The normalized spacial score (nSPS) is 10.2. The SMILES string of the molecule is CCNc1cc(N(C)c2ccccc2OC)nc(N)n1. The molecule has 0 atom stereocenters. The van der Waals surface area contributed by atoms with Gasteiger partial charge in [-0.05, 0) is 19.1 Å². The third-order valence-electron chi connectivity index (χ3n) is 2.88. The van der Waals surface area contributed by atoms with Gasteiger partial charge in [-0.2, -0.15) is 9.97 Å². The highest BCUT2D eigenvalue weighted by molar-refractivity contribution is 5.68. The highest BCUT2D eigenvalue weighted by Gasteiger charge is 2.12. The molecule has 20 heavy (non-hydrogen) atoms. The van der Waals surface area contributed by atoms with Gasteiger partial charge in [-0.25, -0.2) is 0 Å². The molecule has 106 valence electrons. The van der Waals surface area contributed by atoms with Crippen molar-refractivity contribution in [2.24, 2.45) is 0 Å². The summed E-state index contributed by atoms with van der Waals surface area (Å²) in [6.45, 7) is 2.77. The van der Waals surface area contributed by atoms with E-state index in [9.17, 15) is 0 Å². The van der Waals surface area contributed by atoms with E-state index in [-0.39, 0.29) is 5.95 Å². The van der Waals surface area contributed by atoms with Crippen LogP contribution >= 0.6 is 0 Å². The molecule has 0 fully saturated rings. The molecule has 0 aliphatic carbocycles. The van der Waals surface area contributed by atoms with Crippen molar-refractivity contribution in [1.29, 1.82) is 0 Å². The predicted molar refractivity (Wildman–Crippen MR) is 81.7 cm³/mol. The van der Waals surface area contributed by atoms with Crippen molar-refractivity contribution < 1.29 is 4.74 Å². The van der Waals surface area contributed by atoms with Crippen LogP contribution in [0, 0.1) is 0 Å². The number of nitrogens with zero attached hydrogens (tertiary/aromatic N) is 3. The van der Waals surface area contributed by atoms with Gasteiger partial charge in [0.05, 0.1) is 12.8 Å². The maximum Gasteiger partial charge on any atom is 0.223 e. The van der Waals surface area contributed by atoms with Gasteiger partial charge >= 0.3 is 0 Å². The third-order valence-corrected chi connectivity index (χ3v) is 2.88. The molecule has 1 aromatic carbocycles. The maximum atomic E-state index is 5.76. The molecule has 0 aliphatic heterocycles. The Hall–Kier alpha value is -2.50. The second kappa shape index (κ2) is 6.10. The van der Waals surface area contributed by atoms with Gasteiger partial charge in [0, 0.05) is 19.7 Å². The zero-order valence-corrected chi connectivity index (χ0v) is 11.9. The largest absolute Gasteiger partial charge is 0.495 e. The fraction of sp³-hybridized carbons (Fsp3) is 0.286. The lowest BCUT2D eigenvalue weighted by molar-refractivity contribution is 0.415. The molecular formula is C14H19N5O. The molecule has 1 aromatic heterocycles. The summed E-state index contributed by atoms with van der Waals surface area (Å²) < 4.78 is 5.36. The van der Waals surface area contributed by atoms with Gasteiger partial charge < -0.3 is 20.7 Å². The lowest BCUT2D eigenvalue weighted by atomic mass is 10.2. The summed E-state index contributed by atoms with van der Waals surface area (Å²) >= 11 is 0. The number of methoxy groups -OCH3 is 1. The molecule has 6 nitrogen and oxygen atoms in total. The Morgan fingerprint density at radius 3 is 2.75 bits per heavy atom. The lowest BCUT2D eigenvalue weighted by Crippen LogP contribution is -2.14. The zero-order chi connectivity index (χ0) is 14.5. The monoisotopic (exact) mass is 273 g/mol. The number of nitrogens with one attached hydrogen (secondary N) is 1. The first-order chi connectivity index (χ1) is 9.65. The second-order valence-corrected chi connectivity index (χ2v) is 4.23. The second-order valence-electron chi connectivity index (χ2n) is 4.23. The Kier molecular flexibility index (Phi) is 4.24. The van der Waals surface area contributed by atoms with Crippen molar-refractivity contribution in [3.05, 3.63) is 30.3 Å². The average Bonchev–Trinajstić information content (AvgIpc) is 2.46. The Morgan fingerprint density at radius 1 is 1.30 bits per heavy atom.